The highest BCUT2D eigenvalue weighted by molar-refractivity contribution is 5.57. The lowest BCUT2D eigenvalue weighted by molar-refractivity contribution is 0.241. The van der Waals surface area contributed by atoms with Gasteiger partial charge in [0, 0.05) is 37.4 Å². The molecule has 1 aliphatic rings. The van der Waals surface area contributed by atoms with Gasteiger partial charge in [0.15, 0.2) is 0 Å². The summed E-state index contributed by atoms with van der Waals surface area (Å²) in [6.07, 6.45) is 2.37. The number of oxazole rings is 1. The Morgan fingerprint density at radius 1 is 1.24 bits per heavy atom. The van der Waals surface area contributed by atoms with Gasteiger partial charge in [-0.15, -0.1) is 0 Å². The molecule has 0 amide bonds. The summed E-state index contributed by atoms with van der Waals surface area (Å²) in [6.45, 7) is 7.53. The van der Waals surface area contributed by atoms with Gasteiger partial charge in [-0.3, -0.25) is 9.58 Å². The molecule has 4 rings (SSSR count). The number of nitrogens with zero attached hydrogens (tertiary/aromatic N) is 4. The third-order valence-corrected chi connectivity index (χ3v) is 5.73. The summed E-state index contributed by atoms with van der Waals surface area (Å²) in [5, 5.41) is 4.54. The van der Waals surface area contributed by atoms with Crippen molar-refractivity contribution in [2.45, 2.75) is 52.7 Å². The fourth-order valence-electron chi connectivity index (χ4n) is 3.68. The number of rotatable bonds is 7. The van der Waals surface area contributed by atoms with E-state index in [1.54, 1.807) is 19.2 Å². The number of benzene rings is 1. The van der Waals surface area contributed by atoms with E-state index >= 15 is 0 Å². The van der Waals surface area contributed by atoms with Crippen molar-refractivity contribution in [2.24, 2.45) is 7.05 Å². The van der Waals surface area contributed by atoms with Crippen LogP contribution in [0.2, 0.25) is 0 Å². The van der Waals surface area contributed by atoms with Gasteiger partial charge in [-0.1, -0.05) is 0 Å². The van der Waals surface area contributed by atoms with Crippen LogP contribution in [0.15, 0.2) is 22.6 Å². The Morgan fingerprint density at radius 2 is 2.00 bits per heavy atom. The van der Waals surface area contributed by atoms with E-state index in [2.05, 4.69) is 28.8 Å². The second kappa shape index (κ2) is 7.63. The van der Waals surface area contributed by atoms with Gasteiger partial charge in [0.1, 0.15) is 17.3 Å². The molecule has 0 bridgehead atoms. The monoisotopic (exact) mass is 398 g/mol. The van der Waals surface area contributed by atoms with Gasteiger partial charge in [-0.2, -0.15) is 5.10 Å². The fraction of sp³-hybridized carbons (Fsp3) is 0.455. The molecule has 6 nitrogen and oxygen atoms in total. The van der Waals surface area contributed by atoms with Crippen molar-refractivity contribution in [1.82, 2.24) is 19.7 Å². The number of hydrogen-bond donors (Lipinski definition) is 0. The third kappa shape index (κ3) is 3.92. The molecule has 0 radical (unpaired) electrons. The molecule has 29 heavy (non-hydrogen) atoms. The van der Waals surface area contributed by atoms with Gasteiger partial charge in [0.05, 0.1) is 24.1 Å². The minimum Gasteiger partial charge on any atom is -0.497 e. The first-order valence-electron chi connectivity index (χ1n) is 9.90. The van der Waals surface area contributed by atoms with Gasteiger partial charge in [0.2, 0.25) is 5.89 Å². The van der Waals surface area contributed by atoms with Crippen molar-refractivity contribution in [2.75, 3.05) is 7.11 Å². The molecule has 0 N–H and O–H groups in total. The van der Waals surface area contributed by atoms with Gasteiger partial charge in [0.25, 0.3) is 0 Å². The van der Waals surface area contributed by atoms with Crippen molar-refractivity contribution in [3.8, 4) is 17.2 Å². The zero-order chi connectivity index (χ0) is 20.7. The van der Waals surface area contributed by atoms with E-state index in [4.69, 9.17) is 9.15 Å². The maximum Gasteiger partial charge on any atom is 0.229 e. The Balaban J connectivity index is 1.60. The van der Waals surface area contributed by atoms with Crippen LogP contribution in [-0.4, -0.2) is 32.8 Å². The summed E-state index contributed by atoms with van der Waals surface area (Å²) in [6, 6.07) is 5.12. The highest BCUT2D eigenvalue weighted by Crippen LogP contribution is 2.33. The van der Waals surface area contributed by atoms with Crippen LogP contribution in [-0.2, 0) is 20.1 Å². The second-order valence-corrected chi connectivity index (χ2v) is 7.78. The van der Waals surface area contributed by atoms with Crippen LogP contribution in [0.4, 0.5) is 4.39 Å². The van der Waals surface area contributed by atoms with Gasteiger partial charge >= 0.3 is 0 Å². The SMILES string of the molecule is COc1ccc(F)c(-c2nc(CN(Cc3c(C)nn(C)c3C)C3CC3)c(C)o2)c1. The molecular weight excluding hydrogens is 371 g/mol. The van der Waals surface area contributed by atoms with Crippen molar-refractivity contribution in [1.29, 1.82) is 0 Å². The number of halogens is 1. The van der Waals surface area contributed by atoms with E-state index in [9.17, 15) is 4.39 Å². The van der Waals surface area contributed by atoms with E-state index in [1.165, 1.54) is 30.2 Å². The van der Waals surface area contributed by atoms with Crippen LogP contribution in [0.3, 0.4) is 0 Å². The van der Waals surface area contributed by atoms with Gasteiger partial charge < -0.3 is 9.15 Å². The molecule has 0 saturated heterocycles. The first-order valence-corrected chi connectivity index (χ1v) is 9.90. The quantitative estimate of drug-likeness (QED) is 0.593. The molecule has 7 heteroatoms. The summed E-state index contributed by atoms with van der Waals surface area (Å²) in [5.41, 5.74) is 4.67. The number of methoxy groups -OCH3 is 1. The minimum absolute atomic E-state index is 0.290. The third-order valence-electron chi connectivity index (χ3n) is 5.73. The second-order valence-electron chi connectivity index (χ2n) is 7.78. The average Bonchev–Trinajstić information content (AvgIpc) is 3.43. The predicted molar refractivity (Wildman–Crippen MR) is 108 cm³/mol. The highest BCUT2D eigenvalue weighted by Gasteiger charge is 2.31. The Kier molecular flexibility index (Phi) is 5.17. The summed E-state index contributed by atoms with van der Waals surface area (Å²) < 4.78 is 27.3. The standard InChI is InChI=1S/C22H27FN4O2/c1-13-19(14(2)26(4)25-13)11-27(16-6-7-16)12-21-15(3)29-22(24-21)18-10-17(28-5)8-9-20(18)23/h8-10,16H,6-7,11-12H2,1-5H3. The Labute approximate surface area is 170 Å². The molecule has 1 fully saturated rings. The van der Waals surface area contributed by atoms with Crippen LogP contribution < -0.4 is 4.74 Å². The molecule has 0 atom stereocenters. The molecule has 2 heterocycles. The zero-order valence-corrected chi connectivity index (χ0v) is 17.6. The molecule has 154 valence electrons. The lowest BCUT2D eigenvalue weighted by atomic mass is 10.1. The number of aromatic nitrogens is 3. The van der Waals surface area contributed by atoms with Crippen molar-refractivity contribution < 1.29 is 13.5 Å². The van der Waals surface area contributed by atoms with E-state index in [1.807, 2.05) is 18.7 Å². The van der Waals surface area contributed by atoms with Crippen molar-refractivity contribution in [3.63, 3.8) is 0 Å². The smallest absolute Gasteiger partial charge is 0.229 e. The maximum atomic E-state index is 14.3. The first-order chi connectivity index (χ1) is 13.9. The van der Waals surface area contributed by atoms with Crippen LogP contribution in [0.25, 0.3) is 11.5 Å². The lowest BCUT2D eigenvalue weighted by Gasteiger charge is -2.21. The highest BCUT2D eigenvalue weighted by atomic mass is 19.1. The summed E-state index contributed by atoms with van der Waals surface area (Å²) in [4.78, 5) is 7.06. The van der Waals surface area contributed by atoms with Crippen LogP contribution >= 0.6 is 0 Å². The molecule has 0 spiro atoms. The summed E-state index contributed by atoms with van der Waals surface area (Å²) >= 11 is 0. The zero-order valence-electron chi connectivity index (χ0n) is 17.6. The van der Waals surface area contributed by atoms with Gasteiger partial charge in [-0.05, 0) is 51.8 Å². The molecule has 1 aromatic carbocycles. The number of hydrogen-bond acceptors (Lipinski definition) is 5. The Hall–Kier alpha value is -2.67. The van der Waals surface area contributed by atoms with Crippen LogP contribution in [0, 0.1) is 26.6 Å². The molecule has 1 aliphatic carbocycles. The average molecular weight is 398 g/mol. The molecule has 2 aromatic heterocycles. The molecule has 0 unspecified atom stereocenters. The van der Waals surface area contributed by atoms with E-state index in [0.717, 1.165) is 17.9 Å². The fourth-order valence-corrected chi connectivity index (χ4v) is 3.68. The lowest BCUT2D eigenvalue weighted by Crippen LogP contribution is -2.26. The predicted octanol–water partition coefficient (Wildman–Crippen LogP) is 4.31. The van der Waals surface area contributed by atoms with Crippen molar-refractivity contribution in [3.05, 3.63) is 52.4 Å². The molecular formula is C22H27FN4O2. The van der Waals surface area contributed by atoms with Gasteiger partial charge in [-0.25, -0.2) is 9.37 Å². The molecule has 3 aromatic rings. The number of aryl methyl sites for hydroxylation is 3. The first kappa shape index (κ1) is 19.6. The minimum atomic E-state index is -0.376. The number of ether oxygens (including phenoxy) is 1. The van der Waals surface area contributed by atoms with E-state index in [-0.39, 0.29) is 5.82 Å². The van der Waals surface area contributed by atoms with E-state index in [0.29, 0.717) is 35.6 Å². The molecule has 1 saturated carbocycles. The van der Waals surface area contributed by atoms with Crippen molar-refractivity contribution >= 4 is 0 Å². The van der Waals surface area contributed by atoms with Crippen LogP contribution in [0.1, 0.15) is 41.2 Å². The molecule has 0 aliphatic heterocycles. The normalized spacial score (nSPS) is 14.0. The Morgan fingerprint density at radius 3 is 2.62 bits per heavy atom. The largest absolute Gasteiger partial charge is 0.497 e. The summed E-state index contributed by atoms with van der Waals surface area (Å²) in [5.74, 6) is 1.20. The maximum absolute atomic E-state index is 14.3. The van der Waals surface area contributed by atoms with Crippen LogP contribution in [0.5, 0.6) is 5.75 Å². The Bertz CT molecular complexity index is 1040. The summed E-state index contributed by atoms with van der Waals surface area (Å²) in [7, 11) is 3.53. The van der Waals surface area contributed by atoms with E-state index < -0.39 is 0 Å². The topological polar surface area (TPSA) is 56.3 Å².